The van der Waals surface area contributed by atoms with Crippen LogP contribution in [-0.4, -0.2) is 37.1 Å². The summed E-state index contributed by atoms with van der Waals surface area (Å²) in [6, 6.07) is 7.31. The molecule has 7 heteroatoms. The number of methoxy groups -OCH3 is 1. The summed E-state index contributed by atoms with van der Waals surface area (Å²) >= 11 is 0. The van der Waals surface area contributed by atoms with Crippen molar-refractivity contribution >= 4 is 10.0 Å². The molecule has 0 saturated heterocycles. The van der Waals surface area contributed by atoms with E-state index < -0.39 is 10.0 Å². The Morgan fingerprint density at radius 3 is 2.33 bits per heavy atom. The van der Waals surface area contributed by atoms with E-state index >= 15 is 0 Å². The molecule has 0 atom stereocenters. The van der Waals surface area contributed by atoms with E-state index in [1.165, 1.54) is 4.31 Å². The molecule has 21 heavy (non-hydrogen) atoms. The average Bonchev–Trinajstić information content (AvgIpc) is 2.79. The second kappa shape index (κ2) is 5.87. The Balaban J connectivity index is 2.24. The van der Waals surface area contributed by atoms with Crippen LogP contribution in [0.5, 0.6) is 5.75 Å². The maximum atomic E-state index is 12.6. The summed E-state index contributed by atoms with van der Waals surface area (Å²) in [6.45, 7) is 3.67. The fraction of sp³-hybridized carbons (Fsp3) is 0.357. The molecule has 0 amide bonds. The van der Waals surface area contributed by atoms with Crippen molar-refractivity contribution in [3.63, 3.8) is 0 Å². The van der Waals surface area contributed by atoms with Gasteiger partial charge >= 0.3 is 0 Å². The predicted molar refractivity (Wildman–Crippen MR) is 79.7 cm³/mol. The standard InChI is InChI=1S/C14H19N3O3S/c1-10-14(11(2)16-15-10)21(18,19)17(3)9-12-5-7-13(20-4)8-6-12/h5-8H,9H2,1-4H3,(H,15,16). The highest BCUT2D eigenvalue weighted by atomic mass is 32.2. The Kier molecular flexibility index (Phi) is 4.34. The summed E-state index contributed by atoms with van der Waals surface area (Å²) in [5.74, 6) is 0.741. The van der Waals surface area contributed by atoms with Crippen molar-refractivity contribution in [2.75, 3.05) is 14.2 Å². The lowest BCUT2D eigenvalue weighted by molar-refractivity contribution is 0.414. The molecule has 0 bridgehead atoms. The molecule has 0 saturated carbocycles. The average molecular weight is 309 g/mol. The number of aromatic amines is 1. The Morgan fingerprint density at radius 1 is 1.24 bits per heavy atom. The smallest absolute Gasteiger partial charge is 0.246 e. The van der Waals surface area contributed by atoms with Crippen LogP contribution in [0.15, 0.2) is 29.2 Å². The van der Waals surface area contributed by atoms with E-state index in [2.05, 4.69) is 10.2 Å². The number of rotatable bonds is 5. The minimum atomic E-state index is -3.56. The molecule has 6 nitrogen and oxygen atoms in total. The fourth-order valence-corrected chi connectivity index (χ4v) is 3.63. The first kappa shape index (κ1) is 15.5. The van der Waals surface area contributed by atoms with E-state index in [0.29, 0.717) is 11.4 Å². The molecule has 0 radical (unpaired) electrons. The highest BCUT2D eigenvalue weighted by Gasteiger charge is 2.26. The van der Waals surface area contributed by atoms with Crippen LogP contribution >= 0.6 is 0 Å². The molecule has 0 spiro atoms. The van der Waals surface area contributed by atoms with E-state index in [9.17, 15) is 8.42 Å². The molecule has 0 aliphatic heterocycles. The molecule has 0 aliphatic rings. The van der Waals surface area contributed by atoms with Crippen LogP contribution in [0.2, 0.25) is 0 Å². The lowest BCUT2D eigenvalue weighted by atomic mass is 10.2. The Labute approximate surface area is 124 Å². The third-order valence-electron chi connectivity index (χ3n) is 3.29. The molecule has 0 unspecified atom stereocenters. The van der Waals surface area contributed by atoms with Crippen LogP contribution in [0.1, 0.15) is 17.0 Å². The van der Waals surface area contributed by atoms with Gasteiger partial charge in [-0.2, -0.15) is 9.40 Å². The Morgan fingerprint density at radius 2 is 1.86 bits per heavy atom. The number of aromatic nitrogens is 2. The van der Waals surface area contributed by atoms with Gasteiger partial charge < -0.3 is 4.74 Å². The van der Waals surface area contributed by atoms with Crippen LogP contribution in [0.4, 0.5) is 0 Å². The van der Waals surface area contributed by atoms with Crippen molar-refractivity contribution < 1.29 is 13.2 Å². The van der Waals surface area contributed by atoms with Crippen molar-refractivity contribution in [2.45, 2.75) is 25.3 Å². The molecule has 1 heterocycles. The van der Waals surface area contributed by atoms with Gasteiger partial charge in [0.1, 0.15) is 10.6 Å². The molecule has 2 aromatic rings. The molecule has 114 valence electrons. The van der Waals surface area contributed by atoms with E-state index in [1.54, 1.807) is 28.0 Å². The van der Waals surface area contributed by atoms with Crippen LogP contribution < -0.4 is 4.74 Å². The van der Waals surface area contributed by atoms with Crippen molar-refractivity contribution in [3.8, 4) is 5.75 Å². The minimum absolute atomic E-state index is 0.249. The second-order valence-corrected chi connectivity index (χ2v) is 6.85. The zero-order valence-electron chi connectivity index (χ0n) is 12.5. The normalized spacial score (nSPS) is 11.9. The van der Waals surface area contributed by atoms with Crippen molar-refractivity contribution in [2.24, 2.45) is 0 Å². The van der Waals surface area contributed by atoms with E-state index in [1.807, 2.05) is 24.3 Å². The van der Waals surface area contributed by atoms with Crippen LogP contribution in [0, 0.1) is 13.8 Å². The number of nitrogens with zero attached hydrogens (tertiary/aromatic N) is 2. The van der Waals surface area contributed by atoms with Gasteiger partial charge in [0.15, 0.2) is 0 Å². The predicted octanol–water partition coefficient (Wildman–Crippen LogP) is 1.86. The van der Waals surface area contributed by atoms with Gasteiger partial charge in [-0.25, -0.2) is 8.42 Å². The number of aryl methyl sites for hydroxylation is 2. The molecular formula is C14H19N3O3S. The van der Waals surface area contributed by atoms with Crippen molar-refractivity contribution in [1.82, 2.24) is 14.5 Å². The number of ether oxygens (including phenoxy) is 1. The van der Waals surface area contributed by atoms with Gasteiger partial charge in [0.25, 0.3) is 0 Å². The Bertz CT molecular complexity index is 701. The van der Waals surface area contributed by atoms with Crippen LogP contribution in [0.25, 0.3) is 0 Å². The quantitative estimate of drug-likeness (QED) is 0.914. The van der Waals surface area contributed by atoms with Gasteiger partial charge in [-0.15, -0.1) is 0 Å². The van der Waals surface area contributed by atoms with Crippen LogP contribution in [-0.2, 0) is 16.6 Å². The number of benzene rings is 1. The van der Waals surface area contributed by atoms with Gasteiger partial charge in [-0.05, 0) is 31.5 Å². The van der Waals surface area contributed by atoms with Crippen LogP contribution in [0.3, 0.4) is 0 Å². The largest absolute Gasteiger partial charge is 0.497 e. The van der Waals surface area contributed by atoms with E-state index in [4.69, 9.17) is 4.74 Å². The van der Waals surface area contributed by atoms with Crippen molar-refractivity contribution in [1.29, 1.82) is 0 Å². The first-order valence-electron chi connectivity index (χ1n) is 6.47. The monoisotopic (exact) mass is 309 g/mol. The third-order valence-corrected chi connectivity index (χ3v) is 5.36. The lowest BCUT2D eigenvalue weighted by Crippen LogP contribution is -2.27. The van der Waals surface area contributed by atoms with Gasteiger partial charge in [0, 0.05) is 13.6 Å². The molecule has 0 fully saturated rings. The number of hydrogen-bond acceptors (Lipinski definition) is 4. The summed E-state index contributed by atoms with van der Waals surface area (Å²) in [5, 5.41) is 6.65. The van der Waals surface area contributed by atoms with Gasteiger partial charge in [0.05, 0.1) is 18.5 Å². The number of H-pyrrole nitrogens is 1. The minimum Gasteiger partial charge on any atom is -0.497 e. The summed E-state index contributed by atoms with van der Waals surface area (Å²) in [7, 11) is -0.408. The van der Waals surface area contributed by atoms with E-state index in [0.717, 1.165) is 11.3 Å². The van der Waals surface area contributed by atoms with Gasteiger partial charge in [-0.1, -0.05) is 12.1 Å². The number of sulfonamides is 1. The maximum absolute atomic E-state index is 12.6. The third kappa shape index (κ3) is 3.08. The number of nitrogens with one attached hydrogen (secondary N) is 1. The molecule has 1 aromatic heterocycles. The molecular weight excluding hydrogens is 290 g/mol. The molecule has 2 rings (SSSR count). The molecule has 0 aliphatic carbocycles. The second-order valence-electron chi connectivity index (χ2n) is 4.87. The number of hydrogen-bond donors (Lipinski definition) is 1. The SMILES string of the molecule is COc1ccc(CN(C)S(=O)(=O)c2c(C)n[nH]c2C)cc1. The summed E-state index contributed by atoms with van der Waals surface area (Å²) in [4.78, 5) is 0.249. The maximum Gasteiger partial charge on any atom is 0.246 e. The zero-order valence-corrected chi connectivity index (χ0v) is 13.4. The first-order valence-corrected chi connectivity index (χ1v) is 7.91. The highest BCUT2D eigenvalue weighted by Crippen LogP contribution is 2.22. The topological polar surface area (TPSA) is 75.3 Å². The highest BCUT2D eigenvalue weighted by molar-refractivity contribution is 7.89. The Hall–Kier alpha value is -1.86. The lowest BCUT2D eigenvalue weighted by Gasteiger charge is -2.17. The van der Waals surface area contributed by atoms with E-state index in [-0.39, 0.29) is 11.4 Å². The van der Waals surface area contributed by atoms with Gasteiger partial charge in [-0.3, -0.25) is 5.10 Å². The van der Waals surface area contributed by atoms with Gasteiger partial charge in [0.2, 0.25) is 10.0 Å². The summed E-state index contributed by atoms with van der Waals surface area (Å²) in [5.41, 5.74) is 1.92. The van der Waals surface area contributed by atoms with Crippen molar-refractivity contribution in [3.05, 3.63) is 41.2 Å². The molecule has 1 N–H and O–H groups in total. The first-order chi connectivity index (χ1) is 9.86. The summed E-state index contributed by atoms with van der Waals surface area (Å²) < 4.78 is 31.6. The fourth-order valence-electron chi connectivity index (χ4n) is 2.15. The molecule has 1 aromatic carbocycles. The summed E-state index contributed by atoms with van der Waals surface area (Å²) in [6.07, 6.45) is 0. The zero-order chi connectivity index (χ0) is 15.6.